The first-order chi connectivity index (χ1) is 3.41. The Kier molecular flexibility index (Phi) is 0.742. The van der Waals surface area contributed by atoms with E-state index in [0.717, 1.165) is 0 Å². The van der Waals surface area contributed by atoms with Crippen molar-refractivity contribution in [3.05, 3.63) is 0 Å². The van der Waals surface area contributed by atoms with E-state index in [0.29, 0.717) is 0 Å². The molecular formula is C4H10OSi2. The van der Waals surface area contributed by atoms with Gasteiger partial charge in [0.05, 0.1) is 0 Å². The highest BCUT2D eigenvalue weighted by molar-refractivity contribution is 6.89. The van der Waals surface area contributed by atoms with Crippen molar-refractivity contribution < 1.29 is 4.12 Å². The van der Waals surface area contributed by atoms with Crippen LogP contribution in [0.2, 0.25) is 24.2 Å². The second-order valence-corrected chi connectivity index (χ2v) is 8.77. The van der Waals surface area contributed by atoms with E-state index in [1.165, 1.54) is 18.1 Å². The van der Waals surface area contributed by atoms with Crippen molar-refractivity contribution in [2.45, 2.75) is 24.2 Å². The van der Waals surface area contributed by atoms with Gasteiger partial charge in [0, 0.05) is 0 Å². The van der Waals surface area contributed by atoms with Gasteiger partial charge >= 0.3 is 0 Å². The van der Waals surface area contributed by atoms with E-state index in [2.05, 4.69) is 0 Å². The predicted molar refractivity (Wildman–Crippen MR) is 34.6 cm³/mol. The molecule has 2 saturated heterocycles. The highest BCUT2D eigenvalue weighted by Gasteiger charge is 2.49. The molecule has 1 spiro atoms. The van der Waals surface area contributed by atoms with E-state index < -0.39 is 8.32 Å². The van der Waals surface area contributed by atoms with Gasteiger partial charge in [-0.15, -0.1) is 0 Å². The van der Waals surface area contributed by atoms with Gasteiger partial charge < -0.3 is 4.12 Å². The molecule has 0 radical (unpaired) electrons. The molecule has 40 valence electrons. The lowest BCUT2D eigenvalue weighted by Gasteiger charge is -1.98. The molecule has 0 amide bonds. The summed E-state index contributed by atoms with van der Waals surface area (Å²) in [5.41, 5.74) is 0. The quantitative estimate of drug-likeness (QED) is 0.433. The van der Waals surface area contributed by atoms with Crippen LogP contribution in [0, 0.1) is 0 Å². The zero-order valence-corrected chi connectivity index (χ0v) is 6.86. The molecule has 0 bridgehead atoms. The summed E-state index contributed by atoms with van der Waals surface area (Å²) in [6.07, 6.45) is 0. The third kappa shape index (κ3) is 0.596. The van der Waals surface area contributed by atoms with Gasteiger partial charge in [-0.1, -0.05) is 0 Å². The molecule has 2 fully saturated rings. The van der Waals surface area contributed by atoms with Crippen LogP contribution in [0.15, 0.2) is 0 Å². The van der Waals surface area contributed by atoms with Crippen LogP contribution in [0.25, 0.3) is 0 Å². The lowest BCUT2D eigenvalue weighted by molar-refractivity contribution is 0.635. The Morgan fingerprint density at radius 2 is 2.14 bits per heavy atom. The summed E-state index contributed by atoms with van der Waals surface area (Å²) in [5.74, 6) is 0. The van der Waals surface area contributed by atoms with Gasteiger partial charge in [0.25, 0.3) is 0 Å². The molecule has 0 unspecified atom stereocenters. The standard InChI is InChI=1S/C4H10OSi2/c1-2-7(3-4-7)5-6-1/h1-4,6H2. The van der Waals surface area contributed by atoms with Crippen LogP contribution < -0.4 is 0 Å². The fourth-order valence-electron chi connectivity index (χ4n) is 1.29. The fraction of sp³-hybridized carbons (Fsp3) is 1.00. The third-order valence-electron chi connectivity index (χ3n) is 1.99. The molecule has 2 aliphatic rings. The van der Waals surface area contributed by atoms with Crippen LogP contribution >= 0.6 is 0 Å². The van der Waals surface area contributed by atoms with E-state index in [-0.39, 0.29) is 9.76 Å². The van der Waals surface area contributed by atoms with Crippen molar-refractivity contribution >= 4 is 18.1 Å². The SMILES string of the molecule is C1C[Si]2(CC2)O[SiH2]1. The smallest absolute Gasteiger partial charge is 0.178 e. The van der Waals surface area contributed by atoms with Crippen LogP contribution in [0.5, 0.6) is 0 Å². The first-order valence-electron chi connectivity index (χ1n) is 3.05. The van der Waals surface area contributed by atoms with Crippen molar-refractivity contribution in [1.29, 1.82) is 0 Å². The Balaban J connectivity index is 2.07. The van der Waals surface area contributed by atoms with Crippen molar-refractivity contribution in [3.8, 4) is 0 Å². The molecule has 0 aliphatic carbocycles. The van der Waals surface area contributed by atoms with E-state index in [1.54, 1.807) is 6.04 Å². The largest absolute Gasteiger partial charge is 0.460 e. The fourth-order valence-corrected chi connectivity index (χ4v) is 10.1. The number of hydrogen-bond acceptors (Lipinski definition) is 1. The predicted octanol–water partition coefficient (Wildman–Crippen LogP) is 0.478. The molecular weight excluding hydrogens is 120 g/mol. The summed E-state index contributed by atoms with van der Waals surface area (Å²) in [5, 5.41) is 0. The Labute approximate surface area is 47.1 Å². The van der Waals surface area contributed by atoms with Crippen LogP contribution in [-0.2, 0) is 4.12 Å². The zero-order chi connectivity index (χ0) is 4.74. The van der Waals surface area contributed by atoms with Crippen molar-refractivity contribution in [2.75, 3.05) is 0 Å². The maximum atomic E-state index is 5.73. The van der Waals surface area contributed by atoms with Crippen molar-refractivity contribution in [1.82, 2.24) is 0 Å². The monoisotopic (exact) mass is 130 g/mol. The highest BCUT2D eigenvalue weighted by Crippen LogP contribution is 2.44. The van der Waals surface area contributed by atoms with Gasteiger partial charge in [-0.2, -0.15) is 0 Å². The lowest BCUT2D eigenvalue weighted by Crippen LogP contribution is -2.10. The molecule has 0 aromatic heterocycles. The molecule has 1 nitrogen and oxygen atoms in total. The van der Waals surface area contributed by atoms with Crippen molar-refractivity contribution in [3.63, 3.8) is 0 Å². The van der Waals surface area contributed by atoms with E-state index in [9.17, 15) is 0 Å². The molecule has 7 heavy (non-hydrogen) atoms. The molecule has 0 atom stereocenters. The maximum Gasteiger partial charge on any atom is 0.178 e. The lowest BCUT2D eigenvalue weighted by atomic mass is 11.0. The van der Waals surface area contributed by atoms with Crippen LogP contribution in [-0.4, -0.2) is 18.1 Å². The average molecular weight is 130 g/mol. The first kappa shape index (κ1) is 4.29. The summed E-state index contributed by atoms with van der Waals surface area (Å²) in [6.45, 7) is 0. The second-order valence-electron chi connectivity index (χ2n) is 2.64. The van der Waals surface area contributed by atoms with E-state index in [1.807, 2.05) is 0 Å². The zero-order valence-electron chi connectivity index (χ0n) is 4.44. The summed E-state index contributed by atoms with van der Waals surface area (Å²) in [6, 6.07) is 6.07. The molecule has 3 heteroatoms. The minimum Gasteiger partial charge on any atom is -0.460 e. The molecule has 0 saturated carbocycles. The molecule has 0 aromatic carbocycles. The Bertz CT molecular complexity index is 81.7. The van der Waals surface area contributed by atoms with Gasteiger partial charge in [-0.3, -0.25) is 0 Å². The summed E-state index contributed by atoms with van der Waals surface area (Å²) < 4.78 is 5.73. The third-order valence-corrected chi connectivity index (χ3v) is 9.49. The number of hydrogen-bond donors (Lipinski definition) is 0. The average Bonchev–Trinajstić information content (AvgIpc) is 2.15. The molecule has 2 rings (SSSR count). The highest BCUT2D eigenvalue weighted by atomic mass is 28.4. The maximum absolute atomic E-state index is 5.73. The van der Waals surface area contributed by atoms with Crippen LogP contribution in [0.4, 0.5) is 0 Å². The summed E-state index contributed by atoms with van der Waals surface area (Å²) in [4.78, 5) is 0. The molecule has 2 heterocycles. The summed E-state index contributed by atoms with van der Waals surface area (Å²) >= 11 is 0. The first-order valence-corrected chi connectivity index (χ1v) is 7.16. The normalized spacial score (nSPS) is 37.7. The van der Waals surface area contributed by atoms with Crippen LogP contribution in [0.1, 0.15) is 0 Å². The van der Waals surface area contributed by atoms with Gasteiger partial charge in [0.15, 0.2) is 8.32 Å². The van der Waals surface area contributed by atoms with Crippen molar-refractivity contribution in [2.24, 2.45) is 0 Å². The van der Waals surface area contributed by atoms with Gasteiger partial charge in [0.1, 0.15) is 9.76 Å². The van der Waals surface area contributed by atoms with Gasteiger partial charge in [0.2, 0.25) is 0 Å². The Morgan fingerprint density at radius 1 is 1.29 bits per heavy atom. The van der Waals surface area contributed by atoms with Crippen LogP contribution in [0.3, 0.4) is 0 Å². The minimum absolute atomic E-state index is 0.0633. The minimum atomic E-state index is -0.728. The summed E-state index contributed by atoms with van der Waals surface area (Å²) in [7, 11) is -0.665. The van der Waals surface area contributed by atoms with Gasteiger partial charge in [-0.25, -0.2) is 0 Å². The molecule has 2 aliphatic heterocycles. The second kappa shape index (κ2) is 1.21. The van der Waals surface area contributed by atoms with E-state index in [4.69, 9.17) is 4.12 Å². The van der Waals surface area contributed by atoms with Gasteiger partial charge in [-0.05, 0) is 24.2 Å². The van der Waals surface area contributed by atoms with E-state index >= 15 is 0 Å². The Morgan fingerprint density at radius 3 is 2.43 bits per heavy atom. The topological polar surface area (TPSA) is 9.23 Å². The number of rotatable bonds is 0. The molecule has 0 N–H and O–H groups in total. The molecule has 0 aromatic rings. The Hall–Kier alpha value is 0.394.